The molecule has 0 amide bonds. The van der Waals surface area contributed by atoms with Crippen LogP contribution in [0.4, 0.5) is 13.2 Å². The molecule has 0 fully saturated rings. The normalized spacial score (nSPS) is 10.7. The average Bonchev–Trinajstić information content (AvgIpc) is 2.38. The summed E-state index contributed by atoms with van der Waals surface area (Å²) in [6.45, 7) is 1.84. The Morgan fingerprint density at radius 3 is 2.20 bits per heavy atom. The van der Waals surface area contributed by atoms with Crippen molar-refractivity contribution in [3.05, 3.63) is 58.9 Å². The van der Waals surface area contributed by atoms with Gasteiger partial charge in [-0.3, -0.25) is 0 Å². The zero-order valence-corrected chi connectivity index (χ0v) is 10.9. The van der Waals surface area contributed by atoms with Crippen LogP contribution in [0.3, 0.4) is 0 Å². The Kier molecular flexibility index (Phi) is 4.29. The molecule has 0 spiro atoms. The lowest BCUT2D eigenvalue weighted by molar-refractivity contribution is 0.405. The molecule has 106 valence electrons. The zero-order chi connectivity index (χ0) is 14.7. The molecule has 2 aromatic rings. The van der Waals surface area contributed by atoms with Crippen molar-refractivity contribution < 1.29 is 17.9 Å². The van der Waals surface area contributed by atoms with E-state index >= 15 is 0 Å². The predicted molar refractivity (Wildman–Crippen MR) is 70.3 cm³/mol. The molecule has 0 aliphatic carbocycles. The maximum Gasteiger partial charge on any atom is 0.198 e. The van der Waals surface area contributed by atoms with Gasteiger partial charge in [0.05, 0.1) is 0 Å². The molecule has 5 heteroatoms. The minimum Gasteiger partial charge on any atom is -0.451 e. The first-order valence-electron chi connectivity index (χ1n) is 6.13. The van der Waals surface area contributed by atoms with E-state index in [1.165, 1.54) is 30.3 Å². The summed E-state index contributed by atoms with van der Waals surface area (Å²) in [4.78, 5) is 0. The van der Waals surface area contributed by atoms with Gasteiger partial charge in [0.1, 0.15) is 11.6 Å². The molecular formula is C15H14F3NO. The molecule has 2 nitrogen and oxygen atoms in total. The molecule has 2 N–H and O–H groups in total. The highest BCUT2D eigenvalue weighted by Crippen LogP contribution is 2.29. The highest BCUT2D eigenvalue weighted by molar-refractivity contribution is 5.37. The van der Waals surface area contributed by atoms with Crippen LogP contribution in [-0.2, 0) is 6.42 Å². The average molecular weight is 281 g/mol. The Bertz CT molecular complexity index is 606. The maximum absolute atomic E-state index is 13.8. The summed E-state index contributed by atoms with van der Waals surface area (Å²) in [5.41, 5.74) is 6.14. The largest absolute Gasteiger partial charge is 0.451 e. The van der Waals surface area contributed by atoms with Gasteiger partial charge in [-0.25, -0.2) is 13.2 Å². The minimum absolute atomic E-state index is 0.174. The van der Waals surface area contributed by atoms with Crippen molar-refractivity contribution in [2.24, 2.45) is 5.73 Å². The van der Waals surface area contributed by atoms with E-state index in [1.54, 1.807) is 6.92 Å². The molecule has 0 saturated heterocycles. The second-order valence-corrected chi connectivity index (χ2v) is 4.44. The first-order chi connectivity index (χ1) is 9.51. The van der Waals surface area contributed by atoms with Crippen LogP contribution in [0.15, 0.2) is 30.3 Å². The monoisotopic (exact) mass is 281 g/mol. The molecule has 0 bridgehead atoms. The van der Waals surface area contributed by atoms with E-state index < -0.39 is 23.2 Å². The fourth-order valence-corrected chi connectivity index (χ4v) is 1.82. The molecule has 0 atom stereocenters. The molecule has 2 rings (SSSR count). The Morgan fingerprint density at radius 1 is 1.00 bits per heavy atom. The van der Waals surface area contributed by atoms with Gasteiger partial charge in [-0.1, -0.05) is 0 Å². The molecule has 0 radical (unpaired) electrons. The van der Waals surface area contributed by atoms with Crippen LogP contribution in [0.25, 0.3) is 0 Å². The first-order valence-corrected chi connectivity index (χ1v) is 6.13. The standard InChI is InChI=1S/C15H14F3NO/c1-9-6-11(2-3-12(9)16)20-15-13(17)7-10(4-5-19)8-14(15)18/h2-3,6-8H,4-5,19H2,1H3. The van der Waals surface area contributed by atoms with Gasteiger partial charge in [0.2, 0.25) is 0 Å². The summed E-state index contributed by atoms with van der Waals surface area (Å²) in [5, 5.41) is 0. The van der Waals surface area contributed by atoms with Crippen molar-refractivity contribution in [1.29, 1.82) is 0 Å². The first kappa shape index (κ1) is 14.4. The lowest BCUT2D eigenvalue weighted by Crippen LogP contribution is -2.04. The van der Waals surface area contributed by atoms with Crippen molar-refractivity contribution >= 4 is 0 Å². The van der Waals surface area contributed by atoms with Crippen LogP contribution in [0.1, 0.15) is 11.1 Å². The van der Waals surface area contributed by atoms with E-state index in [0.717, 1.165) is 0 Å². The Morgan fingerprint density at radius 2 is 1.65 bits per heavy atom. The highest BCUT2D eigenvalue weighted by Gasteiger charge is 2.14. The molecular weight excluding hydrogens is 267 g/mol. The Balaban J connectivity index is 2.31. The van der Waals surface area contributed by atoms with Crippen molar-refractivity contribution in [2.45, 2.75) is 13.3 Å². The predicted octanol–water partition coefficient (Wildman–Crippen LogP) is 3.71. The van der Waals surface area contributed by atoms with Gasteiger partial charge >= 0.3 is 0 Å². The number of hydrogen-bond donors (Lipinski definition) is 1. The Labute approximate surface area is 115 Å². The number of rotatable bonds is 4. The third-order valence-electron chi connectivity index (χ3n) is 2.84. The Hall–Kier alpha value is -2.01. The van der Waals surface area contributed by atoms with Gasteiger partial charge in [0, 0.05) is 0 Å². The van der Waals surface area contributed by atoms with Gasteiger partial charge in [0.15, 0.2) is 17.4 Å². The topological polar surface area (TPSA) is 35.2 Å². The van der Waals surface area contributed by atoms with E-state index in [9.17, 15) is 13.2 Å². The van der Waals surface area contributed by atoms with Crippen molar-refractivity contribution in [3.8, 4) is 11.5 Å². The molecule has 0 aliphatic heterocycles. The van der Waals surface area contributed by atoms with Crippen LogP contribution in [0.5, 0.6) is 11.5 Å². The van der Waals surface area contributed by atoms with Crippen LogP contribution in [-0.4, -0.2) is 6.54 Å². The number of hydrogen-bond acceptors (Lipinski definition) is 2. The molecule has 20 heavy (non-hydrogen) atoms. The number of aryl methyl sites for hydroxylation is 1. The molecule has 0 saturated carbocycles. The van der Waals surface area contributed by atoms with Gasteiger partial charge < -0.3 is 10.5 Å². The van der Waals surface area contributed by atoms with Gasteiger partial charge in [-0.2, -0.15) is 0 Å². The van der Waals surface area contributed by atoms with Crippen molar-refractivity contribution in [3.63, 3.8) is 0 Å². The van der Waals surface area contributed by atoms with Crippen LogP contribution in [0.2, 0.25) is 0 Å². The summed E-state index contributed by atoms with van der Waals surface area (Å²) in [5.74, 6) is -2.35. The van der Waals surface area contributed by atoms with E-state index in [2.05, 4.69) is 0 Å². The van der Waals surface area contributed by atoms with Crippen LogP contribution in [0, 0.1) is 24.4 Å². The fraction of sp³-hybridized carbons (Fsp3) is 0.200. The van der Waals surface area contributed by atoms with Gasteiger partial charge in [-0.15, -0.1) is 0 Å². The fourth-order valence-electron chi connectivity index (χ4n) is 1.82. The number of halogens is 3. The molecule has 0 unspecified atom stereocenters. The van der Waals surface area contributed by atoms with E-state index in [0.29, 0.717) is 24.1 Å². The molecule has 2 aromatic carbocycles. The van der Waals surface area contributed by atoms with Gasteiger partial charge in [-0.05, 0) is 61.3 Å². The number of ether oxygens (including phenoxy) is 1. The van der Waals surface area contributed by atoms with E-state index in [1.807, 2.05) is 0 Å². The second kappa shape index (κ2) is 5.96. The lowest BCUT2D eigenvalue weighted by Gasteiger charge is -2.10. The maximum atomic E-state index is 13.8. The summed E-state index contributed by atoms with van der Waals surface area (Å²) in [6.07, 6.45) is 0.379. The summed E-state index contributed by atoms with van der Waals surface area (Å²) in [7, 11) is 0. The lowest BCUT2D eigenvalue weighted by atomic mass is 10.1. The zero-order valence-electron chi connectivity index (χ0n) is 10.9. The summed E-state index contributed by atoms with van der Waals surface area (Å²) < 4.78 is 45.9. The summed E-state index contributed by atoms with van der Waals surface area (Å²) in [6, 6.07) is 6.24. The van der Waals surface area contributed by atoms with Gasteiger partial charge in [0.25, 0.3) is 0 Å². The van der Waals surface area contributed by atoms with Crippen LogP contribution >= 0.6 is 0 Å². The molecule has 0 aliphatic rings. The number of benzene rings is 2. The van der Waals surface area contributed by atoms with Crippen molar-refractivity contribution in [2.75, 3.05) is 6.54 Å². The highest BCUT2D eigenvalue weighted by atomic mass is 19.1. The molecule has 0 heterocycles. The van der Waals surface area contributed by atoms with Crippen LogP contribution < -0.4 is 10.5 Å². The number of nitrogens with two attached hydrogens (primary N) is 1. The minimum atomic E-state index is -0.810. The van der Waals surface area contributed by atoms with E-state index in [-0.39, 0.29) is 5.75 Å². The smallest absolute Gasteiger partial charge is 0.198 e. The molecule has 0 aromatic heterocycles. The van der Waals surface area contributed by atoms with Crippen molar-refractivity contribution in [1.82, 2.24) is 0 Å². The van der Waals surface area contributed by atoms with E-state index in [4.69, 9.17) is 10.5 Å². The SMILES string of the molecule is Cc1cc(Oc2c(F)cc(CCN)cc2F)ccc1F. The third kappa shape index (κ3) is 3.11. The third-order valence-corrected chi connectivity index (χ3v) is 2.84. The quantitative estimate of drug-likeness (QED) is 0.927. The summed E-state index contributed by atoms with van der Waals surface area (Å²) >= 11 is 0. The second-order valence-electron chi connectivity index (χ2n) is 4.44.